The first kappa shape index (κ1) is 14.3. The van der Waals surface area contributed by atoms with Crippen molar-refractivity contribution in [1.82, 2.24) is 4.98 Å². The summed E-state index contributed by atoms with van der Waals surface area (Å²) in [7, 11) is 1.14. The zero-order chi connectivity index (χ0) is 13.7. The number of hydrogen-bond donors (Lipinski definition) is 0. The molecule has 1 heterocycles. The van der Waals surface area contributed by atoms with Gasteiger partial charge in [0.1, 0.15) is 0 Å². The predicted octanol–water partition coefficient (Wildman–Crippen LogP) is 2.27. The van der Waals surface area contributed by atoms with Crippen molar-refractivity contribution in [3.05, 3.63) is 23.3 Å². The number of hydrogen-bond acceptors (Lipinski definition) is 4. The van der Waals surface area contributed by atoms with Gasteiger partial charge in [-0.05, 0) is 6.92 Å². The molecule has 1 aromatic heterocycles. The SMILES string of the molecule is CCOC(=O)Cc1ncc(OC)c(F)c1C(F)F. The van der Waals surface area contributed by atoms with Gasteiger partial charge in [0.25, 0.3) is 6.43 Å². The third kappa shape index (κ3) is 3.12. The molecular formula is C11H12F3NO3. The Morgan fingerprint density at radius 3 is 2.67 bits per heavy atom. The lowest BCUT2D eigenvalue weighted by atomic mass is 10.1. The average Bonchev–Trinajstić information content (AvgIpc) is 2.29. The van der Waals surface area contributed by atoms with Crippen molar-refractivity contribution in [1.29, 1.82) is 0 Å². The normalized spacial score (nSPS) is 10.6. The van der Waals surface area contributed by atoms with E-state index in [-0.39, 0.29) is 12.3 Å². The van der Waals surface area contributed by atoms with Crippen LogP contribution in [0.2, 0.25) is 0 Å². The predicted molar refractivity (Wildman–Crippen MR) is 56.0 cm³/mol. The number of carbonyl (C=O) groups excluding carboxylic acids is 1. The molecule has 0 bridgehead atoms. The third-order valence-electron chi connectivity index (χ3n) is 2.16. The van der Waals surface area contributed by atoms with Gasteiger partial charge in [0.15, 0.2) is 11.6 Å². The van der Waals surface area contributed by atoms with E-state index in [0.29, 0.717) is 0 Å². The van der Waals surface area contributed by atoms with Crippen LogP contribution in [-0.2, 0) is 16.0 Å². The van der Waals surface area contributed by atoms with Crippen LogP contribution < -0.4 is 4.74 Å². The van der Waals surface area contributed by atoms with Crippen molar-refractivity contribution in [2.75, 3.05) is 13.7 Å². The molecule has 0 atom stereocenters. The van der Waals surface area contributed by atoms with Crippen LogP contribution in [0.5, 0.6) is 5.75 Å². The first-order valence-electron chi connectivity index (χ1n) is 5.16. The summed E-state index contributed by atoms with van der Waals surface area (Å²) in [4.78, 5) is 14.8. The van der Waals surface area contributed by atoms with Crippen molar-refractivity contribution in [2.24, 2.45) is 0 Å². The van der Waals surface area contributed by atoms with Crippen molar-refractivity contribution >= 4 is 5.97 Å². The van der Waals surface area contributed by atoms with Gasteiger partial charge in [-0.1, -0.05) is 0 Å². The fourth-order valence-corrected chi connectivity index (χ4v) is 1.38. The Morgan fingerprint density at radius 1 is 1.50 bits per heavy atom. The van der Waals surface area contributed by atoms with Crippen LogP contribution in [0.1, 0.15) is 24.6 Å². The molecule has 1 aromatic rings. The van der Waals surface area contributed by atoms with Gasteiger partial charge < -0.3 is 9.47 Å². The Morgan fingerprint density at radius 2 is 2.17 bits per heavy atom. The van der Waals surface area contributed by atoms with E-state index in [1.54, 1.807) is 6.92 Å². The molecule has 1 rings (SSSR count). The van der Waals surface area contributed by atoms with E-state index in [4.69, 9.17) is 0 Å². The molecule has 0 spiro atoms. The first-order chi connectivity index (χ1) is 8.51. The van der Waals surface area contributed by atoms with Crippen LogP contribution in [0.15, 0.2) is 6.20 Å². The lowest BCUT2D eigenvalue weighted by Crippen LogP contribution is -2.12. The number of nitrogens with zero attached hydrogens (tertiary/aromatic N) is 1. The largest absolute Gasteiger partial charge is 0.492 e. The van der Waals surface area contributed by atoms with Crippen molar-refractivity contribution in [3.63, 3.8) is 0 Å². The summed E-state index contributed by atoms with van der Waals surface area (Å²) in [5.41, 5.74) is -1.27. The van der Waals surface area contributed by atoms with Crippen LogP contribution in [0.4, 0.5) is 13.2 Å². The number of aromatic nitrogens is 1. The fourth-order valence-electron chi connectivity index (χ4n) is 1.38. The second kappa shape index (κ2) is 6.23. The quantitative estimate of drug-likeness (QED) is 0.765. The number of alkyl halides is 2. The molecule has 0 aliphatic rings. The smallest absolute Gasteiger partial charge is 0.311 e. The molecule has 0 aromatic carbocycles. The number of rotatable bonds is 5. The summed E-state index contributed by atoms with van der Waals surface area (Å²) in [6.45, 7) is 1.69. The highest BCUT2D eigenvalue weighted by Gasteiger charge is 2.24. The lowest BCUT2D eigenvalue weighted by Gasteiger charge is -2.11. The molecule has 0 aliphatic carbocycles. The molecule has 0 fully saturated rings. The topological polar surface area (TPSA) is 48.4 Å². The second-order valence-corrected chi connectivity index (χ2v) is 3.28. The number of ether oxygens (including phenoxy) is 2. The number of esters is 1. The van der Waals surface area contributed by atoms with Crippen molar-refractivity contribution in [3.8, 4) is 5.75 Å². The van der Waals surface area contributed by atoms with Crippen LogP contribution in [-0.4, -0.2) is 24.7 Å². The van der Waals surface area contributed by atoms with E-state index < -0.39 is 35.9 Å². The number of carbonyl (C=O) groups is 1. The highest BCUT2D eigenvalue weighted by atomic mass is 19.3. The summed E-state index contributed by atoms with van der Waals surface area (Å²) < 4.78 is 48.3. The summed E-state index contributed by atoms with van der Waals surface area (Å²) in [5.74, 6) is -2.34. The maximum atomic E-state index is 13.6. The minimum absolute atomic E-state index is 0.113. The standard InChI is InChI=1S/C11H12F3NO3/c1-3-18-8(16)4-6-9(11(13)14)10(12)7(17-2)5-15-6/h5,11H,3-4H2,1-2H3. The molecule has 0 amide bonds. The van der Waals surface area contributed by atoms with E-state index in [1.807, 2.05) is 0 Å². The highest BCUT2D eigenvalue weighted by Crippen LogP contribution is 2.30. The molecule has 0 aliphatic heterocycles. The Kier molecular flexibility index (Phi) is 4.94. The number of pyridine rings is 1. The molecule has 0 unspecified atom stereocenters. The van der Waals surface area contributed by atoms with Gasteiger partial charge in [0, 0.05) is 0 Å². The van der Waals surface area contributed by atoms with Gasteiger partial charge in [-0.15, -0.1) is 0 Å². The minimum atomic E-state index is -3.09. The fraction of sp³-hybridized carbons (Fsp3) is 0.455. The van der Waals surface area contributed by atoms with E-state index in [0.717, 1.165) is 13.3 Å². The Hall–Kier alpha value is -1.79. The molecule has 0 radical (unpaired) electrons. The monoisotopic (exact) mass is 263 g/mol. The molecule has 0 saturated carbocycles. The minimum Gasteiger partial charge on any atom is -0.492 e. The molecule has 18 heavy (non-hydrogen) atoms. The molecule has 7 heteroatoms. The van der Waals surface area contributed by atoms with Crippen molar-refractivity contribution in [2.45, 2.75) is 19.8 Å². The van der Waals surface area contributed by atoms with Crippen LogP contribution in [0.3, 0.4) is 0 Å². The Labute approximate surface area is 102 Å². The molecular weight excluding hydrogens is 251 g/mol. The van der Waals surface area contributed by atoms with E-state index in [2.05, 4.69) is 14.5 Å². The third-order valence-corrected chi connectivity index (χ3v) is 2.16. The zero-order valence-corrected chi connectivity index (χ0v) is 9.87. The summed E-state index contributed by atoms with van der Waals surface area (Å²) in [6.07, 6.45) is -2.64. The summed E-state index contributed by atoms with van der Waals surface area (Å²) >= 11 is 0. The number of methoxy groups -OCH3 is 1. The van der Waals surface area contributed by atoms with Crippen molar-refractivity contribution < 1.29 is 27.4 Å². The van der Waals surface area contributed by atoms with Crippen LogP contribution >= 0.6 is 0 Å². The Bertz CT molecular complexity index is 438. The van der Waals surface area contributed by atoms with Gasteiger partial charge >= 0.3 is 5.97 Å². The maximum absolute atomic E-state index is 13.6. The summed E-state index contributed by atoms with van der Waals surface area (Å²) in [5, 5.41) is 0. The van der Waals surface area contributed by atoms with Crippen LogP contribution in [0.25, 0.3) is 0 Å². The molecule has 4 nitrogen and oxygen atoms in total. The molecule has 0 saturated heterocycles. The van der Waals surface area contributed by atoms with Gasteiger partial charge in [0.2, 0.25) is 0 Å². The first-order valence-corrected chi connectivity index (χ1v) is 5.16. The van der Waals surface area contributed by atoms with E-state index >= 15 is 0 Å². The molecule has 100 valence electrons. The Balaban J connectivity index is 3.11. The van der Waals surface area contributed by atoms with E-state index in [1.165, 1.54) is 0 Å². The lowest BCUT2D eigenvalue weighted by molar-refractivity contribution is -0.142. The average molecular weight is 263 g/mol. The highest BCUT2D eigenvalue weighted by molar-refractivity contribution is 5.72. The second-order valence-electron chi connectivity index (χ2n) is 3.28. The van der Waals surface area contributed by atoms with Gasteiger partial charge in [-0.2, -0.15) is 0 Å². The number of halogens is 3. The van der Waals surface area contributed by atoms with Gasteiger partial charge in [0.05, 0.1) is 37.6 Å². The summed E-state index contributed by atoms with van der Waals surface area (Å²) in [6, 6.07) is 0. The van der Waals surface area contributed by atoms with E-state index in [9.17, 15) is 18.0 Å². The maximum Gasteiger partial charge on any atom is 0.311 e. The zero-order valence-electron chi connectivity index (χ0n) is 9.87. The molecule has 0 N–H and O–H groups in total. The van der Waals surface area contributed by atoms with Crippen LogP contribution in [0, 0.1) is 5.82 Å². The van der Waals surface area contributed by atoms with Gasteiger partial charge in [-0.25, -0.2) is 13.2 Å². The van der Waals surface area contributed by atoms with Gasteiger partial charge in [-0.3, -0.25) is 9.78 Å².